The number of benzene rings is 5. The minimum atomic E-state index is 1.21. The predicted molar refractivity (Wildman–Crippen MR) is 139 cm³/mol. The molecule has 32 heavy (non-hydrogen) atoms. The maximum atomic E-state index is 2.42. The van der Waals surface area contributed by atoms with Crippen molar-refractivity contribution in [2.75, 3.05) is 0 Å². The Balaban J connectivity index is 1.56. The van der Waals surface area contributed by atoms with Crippen molar-refractivity contribution in [3.8, 4) is 16.8 Å². The smallest absolute Gasteiger partial charge is 0.0547 e. The standard InChI is InChI=1S/C30H19NS/c1-2-8-20(9-3-1)21-14-16-24-23-10-4-6-12-27(23)31(28(24)18-21)22-15-17-30-26(19-22)25-11-5-7-13-29(25)32-30/h1-19H. The fourth-order valence-electron chi connectivity index (χ4n) is 4.91. The molecule has 0 N–H and O–H groups in total. The summed E-state index contributed by atoms with van der Waals surface area (Å²) in [6.45, 7) is 0. The Morgan fingerprint density at radius 1 is 0.438 bits per heavy atom. The van der Waals surface area contributed by atoms with Gasteiger partial charge in [0.15, 0.2) is 0 Å². The Bertz CT molecular complexity index is 1770. The molecule has 0 unspecified atom stereocenters. The summed E-state index contributed by atoms with van der Waals surface area (Å²) < 4.78 is 5.09. The molecule has 0 amide bonds. The second-order valence-electron chi connectivity index (χ2n) is 8.23. The summed E-state index contributed by atoms with van der Waals surface area (Å²) in [7, 11) is 0. The largest absolute Gasteiger partial charge is 0.309 e. The van der Waals surface area contributed by atoms with Crippen LogP contribution in [0.3, 0.4) is 0 Å². The van der Waals surface area contributed by atoms with Crippen LogP contribution in [-0.2, 0) is 0 Å². The van der Waals surface area contributed by atoms with E-state index >= 15 is 0 Å². The van der Waals surface area contributed by atoms with Crippen molar-refractivity contribution >= 4 is 53.3 Å². The highest BCUT2D eigenvalue weighted by molar-refractivity contribution is 7.25. The molecule has 0 bridgehead atoms. The van der Waals surface area contributed by atoms with Gasteiger partial charge in [0.05, 0.1) is 11.0 Å². The van der Waals surface area contributed by atoms with Gasteiger partial charge in [0.25, 0.3) is 0 Å². The van der Waals surface area contributed by atoms with E-state index in [1.54, 1.807) is 0 Å². The first-order chi connectivity index (χ1) is 15.9. The lowest BCUT2D eigenvalue weighted by atomic mass is 10.0. The van der Waals surface area contributed by atoms with Crippen LogP contribution in [0.5, 0.6) is 0 Å². The monoisotopic (exact) mass is 425 g/mol. The van der Waals surface area contributed by atoms with Crippen molar-refractivity contribution in [1.29, 1.82) is 0 Å². The number of fused-ring (bicyclic) bond motifs is 6. The van der Waals surface area contributed by atoms with Gasteiger partial charge >= 0.3 is 0 Å². The average molecular weight is 426 g/mol. The molecule has 0 aliphatic carbocycles. The molecule has 0 aliphatic rings. The molecule has 0 atom stereocenters. The quantitative estimate of drug-likeness (QED) is 0.261. The lowest BCUT2D eigenvalue weighted by Crippen LogP contribution is -1.93. The fourth-order valence-corrected chi connectivity index (χ4v) is 6.00. The van der Waals surface area contributed by atoms with E-state index in [0.29, 0.717) is 0 Å². The van der Waals surface area contributed by atoms with Gasteiger partial charge in [-0.15, -0.1) is 11.3 Å². The summed E-state index contributed by atoms with van der Waals surface area (Å²) in [5.74, 6) is 0. The number of aromatic nitrogens is 1. The Morgan fingerprint density at radius 2 is 1.16 bits per heavy atom. The van der Waals surface area contributed by atoms with E-state index in [2.05, 4.69) is 120 Å². The highest BCUT2D eigenvalue weighted by Gasteiger charge is 2.14. The van der Waals surface area contributed by atoms with Crippen LogP contribution in [0.15, 0.2) is 115 Å². The van der Waals surface area contributed by atoms with Crippen molar-refractivity contribution in [2.24, 2.45) is 0 Å². The van der Waals surface area contributed by atoms with Crippen molar-refractivity contribution in [2.45, 2.75) is 0 Å². The number of hydrogen-bond donors (Lipinski definition) is 0. The molecule has 2 aromatic heterocycles. The highest BCUT2D eigenvalue weighted by atomic mass is 32.1. The average Bonchev–Trinajstić information content (AvgIpc) is 3.39. The Morgan fingerprint density at radius 3 is 2.06 bits per heavy atom. The molecule has 0 saturated heterocycles. The van der Waals surface area contributed by atoms with Gasteiger partial charge in [0.1, 0.15) is 0 Å². The van der Waals surface area contributed by atoms with Gasteiger partial charge in [-0.3, -0.25) is 0 Å². The molecule has 2 heterocycles. The summed E-state index contributed by atoms with van der Waals surface area (Å²) in [6, 6.07) is 41.8. The van der Waals surface area contributed by atoms with Crippen LogP contribution in [0.25, 0.3) is 58.8 Å². The molecule has 2 heteroatoms. The van der Waals surface area contributed by atoms with E-state index in [1.165, 1.54) is 58.8 Å². The molecule has 7 aromatic rings. The second kappa shape index (κ2) is 6.81. The van der Waals surface area contributed by atoms with Crippen LogP contribution in [0.2, 0.25) is 0 Å². The summed E-state index contributed by atoms with van der Waals surface area (Å²) in [6.07, 6.45) is 0. The number of hydrogen-bond acceptors (Lipinski definition) is 1. The molecule has 150 valence electrons. The lowest BCUT2D eigenvalue weighted by Gasteiger charge is -2.09. The van der Waals surface area contributed by atoms with Crippen molar-refractivity contribution in [1.82, 2.24) is 4.57 Å². The third-order valence-electron chi connectivity index (χ3n) is 6.40. The zero-order valence-electron chi connectivity index (χ0n) is 17.3. The predicted octanol–water partition coefficient (Wildman–Crippen LogP) is 8.82. The molecule has 0 radical (unpaired) electrons. The Kier molecular flexibility index (Phi) is 3.78. The van der Waals surface area contributed by atoms with Crippen LogP contribution < -0.4 is 0 Å². The maximum absolute atomic E-state index is 2.42. The molecule has 0 fully saturated rings. The molecule has 5 aromatic carbocycles. The van der Waals surface area contributed by atoms with E-state index in [4.69, 9.17) is 0 Å². The Hall–Kier alpha value is -3.88. The highest BCUT2D eigenvalue weighted by Crippen LogP contribution is 2.38. The third kappa shape index (κ3) is 2.57. The van der Waals surface area contributed by atoms with Gasteiger partial charge < -0.3 is 4.57 Å². The minimum Gasteiger partial charge on any atom is -0.309 e. The lowest BCUT2D eigenvalue weighted by molar-refractivity contribution is 1.19. The molecular weight excluding hydrogens is 406 g/mol. The summed E-state index contributed by atoms with van der Waals surface area (Å²) >= 11 is 1.87. The normalized spacial score (nSPS) is 11.8. The van der Waals surface area contributed by atoms with E-state index in [1.807, 2.05) is 11.3 Å². The van der Waals surface area contributed by atoms with Gasteiger partial charge in [-0.1, -0.05) is 78.9 Å². The van der Waals surface area contributed by atoms with Gasteiger partial charge in [-0.05, 0) is 47.5 Å². The first-order valence-electron chi connectivity index (χ1n) is 10.9. The number of nitrogens with zero attached hydrogens (tertiary/aromatic N) is 1. The van der Waals surface area contributed by atoms with Gasteiger partial charge in [-0.2, -0.15) is 0 Å². The maximum Gasteiger partial charge on any atom is 0.0547 e. The van der Waals surface area contributed by atoms with Crippen LogP contribution in [0.1, 0.15) is 0 Å². The van der Waals surface area contributed by atoms with Crippen molar-refractivity contribution in [3.63, 3.8) is 0 Å². The van der Waals surface area contributed by atoms with Crippen molar-refractivity contribution in [3.05, 3.63) is 115 Å². The van der Waals surface area contributed by atoms with E-state index in [-0.39, 0.29) is 0 Å². The molecule has 7 rings (SSSR count). The molecule has 0 aliphatic heterocycles. The molecular formula is C30H19NS. The van der Waals surface area contributed by atoms with Crippen molar-refractivity contribution < 1.29 is 0 Å². The van der Waals surface area contributed by atoms with E-state index in [9.17, 15) is 0 Å². The van der Waals surface area contributed by atoms with Crippen LogP contribution in [-0.4, -0.2) is 4.57 Å². The van der Waals surface area contributed by atoms with Gasteiger partial charge in [0, 0.05) is 36.6 Å². The van der Waals surface area contributed by atoms with E-state index in [0.717, 1.165) is 0 Å². The zero-order chi connectivity index (χ0) is 21.1. The summed E-state index contributed by atoms with van der Waals surface area (Å²) in [5.41, 5.74) is 6.17. The van der Waals surface area contributed by atoms with Gasteiger partial charge in [0.2, 0.25) is 0 Å². The fraction of sp³-hybridized carbons (Fsp3) is 0. The summed E-state index contributed by atoms with van der Waals surface area (Å²) in [4.78, 5) is 0. The van der Waals surface area contributed by atoms with Crippen LogP contribution in [0, 0.1) is 0 Å². The second-order valence-corrected chi connectivity index (χ2v) is 9.31. The minimum absolute atomic E-state index is 1.21. The Labute approximate surface area is 189 Å². The van der Waals surface area contributed by atoms with Gasteiger partial charge in [-0.25, -0.2) is 0 Å². The number of thiophene rings is 1. The van der Waals surface area contributed by atoms with Crippen LogP contribution in [0.4, 0.5) is 0 Å². The first kappa shape index (κ1) is 17.8. The molecule has 1 nitrogen and oxygen atoms in total. The topological polar surface area (TPSA) is 4.93 Å². The first-order valence-corrected chi connectivity index (χ1v) is 11.7. The molecule has 0 saturated carbocycles. The third-order valence-corrected chi connectivity index (χ3v) is 7.55. The zero-order valence-corrected chi connectivity index (χ0v) is 18.1. The summed E-state index contributed by atoms with van der Waals surface area (Å²) in [5, 5.41) is 5.24. The van der Waals surface area contributed by atoms with E-state index < -0.39 is 0 Å². The number of para-hydroxylation sites is 1. The SMILES string of the molecule is c1ccc(-c2ccc3c4ccccc4n(-c4ccc5sc6ccccc6c5c4)c3c2)cc1. The molecule has 0 spiro atoms. The number of rotatable bonds is 2. The van der Waals surface area contributed by atoms with Crippen LogP contribution >= 0.6 is 11.3 Å².